The summed E-state index contributed by atoms with van der Waals surface area (Å²) in [6.07, 6.45) is 5.09. The van der Waals surface area contributed by atoms with Gasteiger partial charge in [-0.25, -0.2) is 0 Å². The summed E-state index contributed by atoms with van der Waals surface area (Å²) in [5.41, 5.74) is 4.45. The number of carbonyl (C=O) groups is 2. The van der Waals surface area contributed by atoms with Gasteiger partial charge in [0.05, 0.1) is 46.9 Å². The molecule has 0 saturated carbocycles. The molecule has 1 aliphatic heterocycles. The van der Waals surface area contributed by atoms with Gasteiger partial charge in [-0.1, -0.05) is 36.1 Å². The van der Waals surface area contributed by atoms with E-state index in [9.17, 15) is 9.59 Å². The van der Waals surface area contributed by atoms with Gasteiger partial charge in [0, 0.05) is 43.7 Å². The molecule has 37 heavy (non-hydrogen) atoms. The number of para-hydroxylation sites is 1. The SMILES string of the molecule is C=CC(=O)N[C@@H](C#Cc1cnccc1-c1[nH]c2c(c1Nc1cccc(Cl)c1OC)C(=O)NCC2)COC. The van der Waals surface area contributed by atoms with Crippen LogP contribution in [-0.2, 0) is 16.0 Å². The molecule has 3 heterocycles. The molecular formula is C27H26ClN5O4. The number of ether oxygens (including phenoxy) is 2. The summed E-state index contributed by atoms with van der Waals surface area (Å²) in [6, 6.07) is 6.60. The molecule has 2 amide bonds. The third-order valence-corrected chi connectivity index (χ3v) is 6.00. The van der Waals surface area contributed by atoms with E-state index in [0.717, 1.165) is 11.3 Å². The Bertz CT molecular complexity index is 1410. The highest BCUT2D eigenvalue weighted by atomic mass is 35.5. The molecule has 1 aromatic carbocycles. The second-order valence-corrected chi connectivity index (χ2v) is 8.50. The monoisotopic (exact) mass is 519 g/mol. The van der Waals surface area contributed by atoms with Crippen LogP contribution in [0, 0.1) is 11.8 Å². The van der Waals surface area contributed by atoms with Crippen LogP contribution in [0.2, 0.25) is 5.02 Å². The molecule has 4 rings (SSSR count). The minimum Gasteiger partial charge on any atom is -0.493 e. The third kappa shape index (κ3) is 5.61. The lowest BCUT2D eigenvalue weighted by Crippen LogP contribution is -2.35. The summed E-state index contributed by atoms with van der Waals surface area (Å²) in [4.78, 5) is 32.4. The van der Waals surface area contributed by atoms with E-state index in [2.05, 4.69) is 44.3 Å². The van der Waals surface area contributed by atoms with E-state index < -0.39 is 6.04 Å². The second-order valence-electron chi connectivity index (χ2n) is 8.09. The van der Waals surface area contributed by atoms with Gasteiger partial charge < -0.3 is 30.4 Å². The molecule has 0 aliphatic carbocycles. The van der Waals surface area contributed by atoms with Crippen LogP contribution in [0.5, 0.6) is 5.75 Å². The van der Waals surface area contributed by atoms with E-state index in [4.69, 9.17) is 21.1 Å². The quantitative estimate of drug-likeness (QED) is 0.267. The fourth-order valence-electron chi connectivity index (χ4n) is 4.05. The molecule has 0 fully saturated rings. The highest BCUT2D eigenvalue weighted by Gasteiger charge is 2.28. The molecular weight excluding hydrogens is 494 g/mol. The average molecular weight is 520 g/mol. The Morgan fingerprint density at radius 2 is 2.19 bits per heavy atom. The zero-order valence-corrected chi connectivity index (χ0v) is 21.2. The molecule has 0 saturated heterocycles. The number of methoxy groups -OCH3 is 2. The Kier molecular flexibility index (Phi) is 8.13. The molecule has 9 nitrogen and oxygen atoms in total. The number of aromatic nitrogens is 2. The van der Waals surface area contributed by atoms with Crippen LogP contribution in [-0.4, -0.2) is 55.2 Å². The minimum atomic E-state index is -0.556. The van der Waals surface area contributed by atoms with Gasteiger partial charge >= 0.3 is 0 Å². The number of hydrogen-bond donors (Lipinski definition) is 4. The largest absolute Gasteiger partial charge is 0.493 e. The van der Waals surface area contributed by atoms with Crippen LogP contribution < -0.4 is 20.7 Å². The maximum atomic E-state index is 12.9. The maximum absolute atomic E-state index is 12.9. The first-order chi connectivity index (χ1) is 18.0. The molecule has 0 spiro atoms. The van der Waals surface area contributed by atoms with Gasteiger partial charge in [-0.15, -0.1) is 0 Å². The maximum Gasteiger partial charge on any atom is 0.255 e. The fraction of sp³-hybridized carbons (Fsp3) is 0.222. The van der Waals surface area contributed by atoms with E-state index in [1.807, 2.05) is 12.1 Å². The van der Waals surface area contributed by atoms with Gasteiger partial charge in [0.1, 0.15) is 6.04 Å². The fourth-order valence-corrected chi connectivity index (χ4v) is 4.30. The number of amides is 2. The van der Waals surface area contributed by atoms with E-state index in [1.165, 1.54) is 20.3 Å². The molecule has 0 radical (unpaired) electrons. The van der Waals surface area contributed by atoms with Crippen molar-refractivity contribution in [3.05, 3.63) is 71.2 Å². The molecule has 2 aromatic heterocycles. The number of carbonyl (C=O) groups excluding carboxylic acids is 2. The zero-order chi connectivity index (χ0) is 26.4. The number of nitrogens with one attached hydrogen (secondary N) is 4. The Hall–Kier alpha value is -4.26. The molecule has 190 valence electrons. The van der Waals surface area contributed by atoms with Gasteiger partial charge in [-0.05, 0) is 24.3 Å². The van der Waals surface area contributed by atoms with Crippen molar-refractivity contribution >= 4 is 34.8 Å². The van der Waals surface area contributed by atoms with Crippen LogP contribution >= 0.6 is 11.6 Å². The molecule has 3 aromatic rings. The molecule has 10 heteroatoms. The van der Waals surface area contributed by atoms with Crippen LogP contribution in [0.15, 0.2) is 49.3 Å². The van der Waals surface area contributed by atoms with Crippen molar-refractivity contribution in [3.63, 3.8) is 0 Å². The van der Waals surface area contributed by atoms with Crippen molar-refractivity contribution in [2.45, 2.75) is 12.5 Å². The zero-order valence-electron chi connectivity index (χ0n) is 20.4. The normalized spacial score (nSPS) is 12.9. The van der Waals surface area contributed by atoms with Crippen molar-refractivity contribution in [1.82, 2.24) is 20.6 Å². The predicted octanol–water partition coefficient (Wildman–Crippen LogP) is 3.44. The number of pyridine rings is 1. The van der Waals surface area contributed by atoms with Crippen molar-refractivity contribution < 1.29 is 19.1 Å². The minimum absolute atomic E-state index is 0.193. The number of aromatic amines is 1. The number of H-pyrrole nitrogens is 1. The molecule has 1 aliphatic rings. The smallest absolute Gasteiger partial charge is 0.255 e. The predicted molar refractivity (Wildman–Crippen MR) is 142 cm³/mol. The highest BCUT2D eigenvalue weighted by molar-refractivity contribution is 6.32. The number of rotatable bonds is 8. The Balaban J connectivity index is 1.83. The summed E-state index contributed by atoms with van der Waals surface area (Å²) in [6.45, 7) is 4.19. The Morgan fingerprint density at radius 1 is 1.35 bits per heavy atom. The van der Waals surface area contributed by atoms with Crippen molar-refractivity contribution in [2.24, 2.45) is 0 Å². The number of anilines is 2. The second kappa shape index (κ2) is 11.6. The van der Waals surface area contributed by atoms with Gasteiger partial charge in [0.2, 0.25) is 5.91 Å². The summed E-state index contributed by atoms with van der Waals surface area (Å²) in [5.74, 6) is 6.04. The summed E-state index contributed by atoms with van der Waals surface area (Å²) < 4.78 is 10.7. The lowest BCUT2D eigenvalue weighted by atomic mass is 10.0. The van der Waals surface area contributed by atoms with Crippen LogP contribution in [0.3, 0.4) is 0 Å². The first-order valence-electron chi connectivity index (χ1n) is 11.5. The lowest BCUT2D eigenvalue weighted by molar-refractivity contribution is -0.117. The van der Waals surface area contributed by atoms with Crippen LogP contribution in [0.1, 0.15) is 21.6 Å². The highest BCUT2D eigenvalue weighted by Crippen LogP contribution is 2.41. The summed E-state index contributed by atoms with van der Waals surface area (Å²) >= 11 is 6.34. The van der Waals surface area contributed by atoms with Gasteiger partial charge in [-0.3, -0.25) is 14.6 Å². The van der Waals surface area contributed by atoms with Crippen molar-refractivity contribution in [2.75, 3.05) is 32.7 Å². The molecule has 4 N–H and O–H groups in total. The first kappa shape index (κ1) is 25.8. The molecule has 0 bridgehead atoms. The van der Waals surface area contributed by atoms with Gasteiger partial charge in [-0.2, -0.15) is 0 Å². The van der Waals surface area contributed by atoms with E-state index >= 15 is 0 Å². The van der Waals surface area contributed by atoms with Crippen LogP contribution in [0.25, 0.3) is 11.3 Å². The number of halogens is 1. The Labute approximate surface area is 219 Å². The van der Waals surface area contributed by atoms with Crippen molar-refractivity contribution in [3.8, 4) is 28.8 Å². The van der Waals surface area contributed by atoms with Crippen molar-refractivity contribution in [1.29, 1.82) is 0 Å². The van der Waals surface area contributed by atoms with Gasteiger partial charge in [0.25, 0.3) is 5.91 Å². The number of benzene rings is 1. The number of nitrogens with zero attached hydrogens (tertiary/aromatic N) is 1. The standard InChI is InChI=1S/C27H26ClN5O4/c1-4-22(34)31-17(15-36-2)9-8-16-14-29-12-10-18(16)24-25(23-20(32-24)11-13-30-27(23)35)33-21-7-5-6-19(28)26(21)37-3/h4-7,10,12,14,17,32-33H,1,11,13,15H2,2-3H3,(H,30,35)(H,31,34)/t17-/m0/s1. The summed E-state index contributed by atoms with van der Waals surface area (Å²) in [7, 11) is 3.06. The molecule has 1 atom stereocenters. The third-order valence-electron chi connectivity index (χ3n) is 5.70. The van der Waals surface area contributed by atoms with E-state index in [0.29, 0.717) is 51.9 Å². The van der Waals surface area contributed by atoms with E-state index in [-0.39, 0.29) is 18.4 Å². The van der Waals surface area contributed by atoms with Gasteiger partial charge in [0.15, 0.2) is 5.75 Å². The van der Waals surface area contributed by atoms with E-state index in [1.54, 1.807) is 24.5 Å². The lowest BCUT2D eigenvalue weighted by Gasteiger charge is -2.17. The Morgan fingerprint density at radius 3 is 2.95 bits per heavy atom. The number of hydrogen-bond acceptors (Lipinski definition) is 6. The first-order valence-corrected chi connectivity index (χ1v) is 11.8. The summed E-state index contributed by atoms with van der Waals surface area (Å²) in [5, 5.41) is 9.42. The molecule has 0 unspecified atom stereocenters. The topological polar surface area (TPSA) is 117 Å². The average Bonchev–Trinajstić information content (AvgIpc) is 3.27. The van der Waals surface area contributed by atoms with Crippen LogP contribution in [0.4, 0.5) is 11.4 Å². The number of fused-ring (bicyclic) bond motifs is 1.